The van der Waals surface area contributed by atoms with E-state index in [1.807, 2.05) is 24.3 Å². The number of carbonyl (C=O) groups is 2. The van der Waals surface area contributed by atoms with E-state index in [-0.39, 0.29) is 49.2 Å². The van der Waals surface area contributed by atoms with Gasteiger partial charge in [0, 0.05) is 6.54 Å². The Morgan fingerprint density at radius 3 is 2.63 bits per heavy atom. The fourth-order valence-electron chi connectivity index (χ4n) is 2.83. The smallest absolute Gasteiger partial charge is 0.239 e. The average molecular weight is 415 g/mol. The molecule has 0 saturated carbocycles. The number of nitrogens with one attached hydrogen (secondary N) is 3. The number of rotatable bonds is 7. The van der Waals surface area contributed by atoms with Gasteiger partial charge in [0.15, 0.2) is 0 Å². The summed E-state index contributed by atoms with van der Waals surface area (Å²) in [4.78, 5) is 27.8. The fourth-order valence-corrected chi connectivity index (χ4v) is 2.83. The van der Waals surface area contributed by atoms with E-state index in [0.29, 0.717) is 13.1 Å². The Morgan fingerprint density at radius 2 is 1.96 bits per heavy atom. The summed E-state index contributed by atoms with van der Waals surface area (Å²) in [5.41, 5.74) is 2.07. The van der Waals surface area contributed by atoms with Crippen molar-refractivity contribution in [1.29, 1.82) is 0 Å². The molecule has 1 aromatic carbocycles. The zero-order valence-electron chi connectivity index (χ0n) is 14.8. The van der Waals surface area contributed by atoms with Crippen molar-refractivity contribution in [2.75, 3.05) is 13.1 Å². The van der Waals surface area contributed by atoms with Crippen LogP contribution >= 0.6 is 24.8 Å². The third-order valence-electron chi connectivity index (χ3n) is 4.19. The molecule has 27 heavy (non-hydrogen) atoms. The van der Waals surface area contributed by atoms with Crippen LogP contribution in [0.5, 0.6) is 0 Å². The summed E-state index contributed by atoms with van der Waals surface area (Å²) in [5, 5.41) is 12.7. The van der Waals surface area contributed by atoms with Gasteiger partial charge in [0.05, 0.1) is 19.1 Å². The van der Waals surface area contributed by atoms with Crippen molar-refractivity contribution in [3.63, 3.8) is 0 Å². The van der Waals surface area contributed by atoms with Crippen LogP contribution in [0.15, 0.2) is 36.9 Å². The first-order valence-corrected chi connectivity index (χ1v) is 8.39. The van der Waals surface area contributed by atoms with Gasteiger partial charge in [0.25, 0.3) is 0 Å². The third-order valence-corrected chi connectivity index (χ3v) is 4.19. The maximum atomic E-state index is 12.0. The standard InChI is InChI=1S/C17H22N6O2.2ClH/c24-16(9-21-17(25)15-6-3-7-19-15)20-8-13-4-1-2-5-14(13)10-23-12-18-11-22-23;;/h1-2,4-5,11-12,15,19H,3,6-10H2,(H,20,24)(H,21,25);2*1H. The lowest BCUT2D eigenvalue weighted by molar-refractivity contribution is -0.127. The minimum absolute atomic E-state index is 0. The number of aromatic nitrogens is 3. The van der Waals surface area contributed by atoms with Gasteiger partial charge in [-0.2, -0.15) is 5.10 Å². The number of benzene rings is 1. The van der Waals surface area contributed by atoms with E-state index in [0.717, 1.165) is 30.5 Å². The molecule has 0 bridgehead atoms. The van der Waals surface area contributed by atoms with Crippen LogP contribution in [-0.2, 0) is 22.7 Å². The number of carbonyl (C=O) groups excluding carboxylic acids is 2. The minimum atomic E-state index is -0.207. The van der Waals surface area contributed by atoms with Crippen LogP contribution in [0.4, 0.5) is 0 Å². The number of halogens is 2. The second kappa shape index (κ2) is 11.5. The molecule has 2 aromatic rings. The highest BCUT2D eigenvalue weighted by molar-refractivity contribution is 5.87. The van der Waals surface area contributed by atoms with Crippen molar-refractivity contribution in [3.05, 3.63) is 48.0 Å². The number of nitrogens with zero attached hydrogens (tertiary/aromatic N) is 3. The zero-order valence-corrected chi connectivity index (χ0v) is 16.4. The molecule has 1 aromatic heterocycles. The van der Waals surface area contributed by atoms with Gasteiger partial charge in [-0.25, -0.2) is 9.67 Å². The molecular weight excluding hydrogens is 391 g/mol. The van der Waals surface area contributed by atoms with Gasteiger partial charge < -0.3 is 16.0 Å². The van der Waals surface area contributed by atoms with Crippen molar-refractivity contribution in [3.8, 4) is 0 Å². The summed E-state index contributed by atoms with van der Waals surface area (Å²) in [5.74, 6) is -0.318. The molecule has 1 aliphatic rings. The van der Waals surface area contributed by atoms with Crippen molar-refractivity contribution in [2.24, 2.45) is 0 Å². The molecule has 0 radical (unpaired) electrons. The molecule has 2 amide bonds. The van der Waals surface area contributed by atoms with Crippen LogP contribution in [-0.4, -0.2) is 45.7 Å². The molecule has 0 aliphatic carbocycles. The molecule has 1 fully saturated rings. The van der Waals surface area contributed by atoms with E-state index in [9.17, 15) is 9.59 Å². The highest BCUT2D eigenvalue weighted by Gasteiger charge is 2.21. The zero-order chi connectivity index (χ0) is 17.5. The van der Waals surface area contributed by atoms with E-state index in [4.69, 9.17) is 0 Å². The van der Waals surface area contributed by atoms with Crippen molar-refractivity contribution in [2.45, 2.75) is 32.0 Å². The van der Waals surface area contributed by atoms with Crippen LogP contribution in [0.2, 0.25) is 0 Å². The van der Waals surface area contributed by atoms with Gasteiger partial charge >= 0.3 is 0 Å². The van der Waals surface area contributed by atoms with E-state index in [1.54, 1.807) is 11.0 Å². The normalized spacial score (nSPS) is 15.3. The van der Waals surface area contributed by atoms with E-state index < -0.39 is 0 Å². The molecule has 3 rings (SSSR count). The molecule has 10 heteroatoms. The Labute approximate surface area is 170 Å². The summed E-state index contributed by atoms with van der Waals surface area (Å²) in [7, 11) is 0. The SMILES string of the molecule is Cl.Cl.O=C(CNC(=O)C1CCCN1)NCc1ccccc1Cn1cncn1. The first-order chi connectivity index (χ1) is 12.2. The van der Waals surface area contributed by atoms with E-state index >= 15 is 0 Å². The maximum absolute atomic E-state index is 12.0. The molecule has 8 nitrogen and oxygen atoms in total. The molecule has 1 unspecified atom stereocenters. The predicted octanol–water partition coefficient (Wildman–Crippen LogP) is 0.654. The van der Waals surface area contributed by atoms with E-state index in [1.165, 1.54) is 6.33 Å². The Balaban J connectivity index is 0.00000182. The average Bonchev–Trinajstić information content (AvgIpc) is 3.32. The van der Waals surface area contributed by atoms with Crippen LogP contribution in [0.1, 0.15) is 24.0 Å². The Morgan fingerprint density at radius 1 is 1.19 bits per heavy atom. The molecular formula is C17H24Cl2N6O2. The van der Waals surface area contributed by atoms with Gasteiger partial charge in [0.2, 0.25) is 11.8 Å². The highest BCUT2D eigenvalue weighted by Crippen LogP contribution is 2.10. The van der Waals surface area contributed by atoms with Gasteiger partial charge in [-0.05, 0) is 30.5 Å². The Bertz CT molecular complexity index is 720. The Kier molecular flexibility index (Phi) is 9.77. The van der Waals surface area contributed by atoms with Crippen LogP contribution in [0.25, 0.3) is 0 Å². The van der Waals surface area contributed by atoms with Crippen LogP contribution < -0.4 is 16.0 Å². The lowest BCUT2D eigenvalue weighted by Gasteiger charge is -2.13. The molecule has 1 atom stereocenters. The molecule has 2 heterocycles. The summed E-state index contributed by atoms with van der Waals surface area (Å²) in [6.45, 7) is 1.84. The largest absolute Gasteiger partial charge is 0.350 e. The lowest BCUT2D eigenvalue weighted by atomic mass is 10.1. The van der Waals surface area contributed by atoms with Crippen molar-refractivity contribution < 1.29 is 9.59 Å². The van der Waals surface area contributed by atoms with Gasteiger partial charge in [-0.1, -0.05) is 24.3 Å². The van der Waals surface area contributed by atoms with Crippen LogP contribution in [0, 0.1) is 0 Å². The van der Waals surface area contributed by atoms with Gasteiger partial charge in [-0.3, -0.25) is 9.59 Å². The molecule has 0 spiro atoms. The fraction of sp³-hybridized carbons (Fsp3) is 0.412. The van der Waals surface area contributed by atoms with Crippen molar-refractivity contribution in [1.82, 2.24) is 30.7 Å². The molecule has 148 valence electrons. The van der Waals surface area contributed by atoms with Crippen molar-refractivity contribution >= 4 is 36.6 Å². The quantitative estimate of drug-likeness (QED) is 0.617. The lowest BCUT2D eigenvalue weighted by Crippen LogP contribution is -2.44. The monoisotopic (exact) mass is 414 g/mol. The molecule has 1 aliphatic heterocycles. The van der Waals surface area contributed by atoms with Gasteiger partial charge in [-0.15, -0.1) is 24.8 Å². The number of hydrogen-bond donors (Lipinski definition) is 3. The Hall–Kier alpha value is -2.16. The van der Waals surface area contributed by atoms with E-state index in [2.05, 4.69) is 26.0 Å². The topological polar surface area (TPSA) is 101 Å². The highest BCUT2D eigenvalue weighted by atomic mass is 35.5. The third kappa shape index (κ3) is 6.82. The first-order valence-electron chi connectivity index (χ1n) is 8.39. The van der Waals surface area contributed by atoms with Crippen LogP contribution in [0.3, 0.4) is 0 Å². The number of hydrogen-bond acceptors (Lipinski definition) is 5. The molecule has 1 saturated heterocycles. The summed E-state index contributed by atoms with van der Waals surface area (Å²) in [6, 6.07) is 7.67. The summed E-state index contributed by atoms with van der Waals surface area (Å²) >= 11 is 0. The summed E-state index contributed by atoms with van der Waals surface area (Å²) in [6.07, 6.45) is 4.96. The molecule has 3 N–H and O–H groups in total. The number of amides is 2. The second-order valence-corrected chi connectivity index (χ2v) is 6.01. The predicted molar refractivity (Wildman–Crippen MR) is 106 cm³/mol. The summed E-state index contributed by atoms with van der Waals surface area (Å²) < 4.78 is 1.73. The second-order valence-electron chi connectivity index (χ2n) is 6.01. The maximum Gasteiger partial charge on any atom is 0.239 e. The van der Waals surface area contributed by atoms with Gasteiger partial charge in [0.1, 0.15) is 12.7 Å². The minimum Gasteiger partial charge on any atom is -0.350 e. The first kappa shape index (κ1) is 22.9.